The third kappa shape index (κ3) is 6.33. The van der Waals surface area contributed by atoms with Crippen molar-refractivity contribution in [1.29, 1.82) is 0 Å². The second-order valence-corrected chi connectivity index (χ2v) is 5.76. The van der Waals surface area contributed by atoms with E-state index in [0.29, 0.717) is 24.2 Å². The minimum atomic E-state index is -3.40. The van der Waals surface area contributed by atoms with Gasteiger partial charge < -0.3 is 10.1 Å². The molecule has 1 rings (SSSR count). The van der Waals surface area contributed by atoms with Gasteiger partial charge in [0.1, 0.15) is 0 Å². The summed E-state index contributed by atoms with van der Waals surface area (Å²) in [5.41, 5.74) is 0.880. The molecule has 0 fully saturated rings. The first-order valence-electron chi connectivity index (χ1n) is 5.77. The van der Waals surface area contributed by atoms with Crippen molar-refractivity contribution in [3.63, 3.8) is 0 Å². The van der Waals surface area contributed by atoms with E-state index < -0.39 is 16.0 Å². The number of hydrogen-bond donors (Lipinski definition) is 2. The Morgan fingerprint density at radius 1 is 1.30 bits per heavy atom. The summed E-state index contributed by atoms with van der Waals surface area (Å²) in [6, 6.07) is 6.38. The molecular weight excluding hydrogens is 304 g/mol. The summed E-state index contributed by atoms with van der Waals surface area (Å²) in [5.74, 6) is -0.649. The van der Waals surface area contributed by atoms with Gasteiger partial charge >= 0.3 is 5.97 Å². The van der Waals surface area contributed by atoms with Gasteiger partial charge in [0.05, 0.1) is 18.4 Å². The second kappa shape index (κ2) is 8.91. The molecule has 0 aliphatic carbocycles. The SMILES string of the molecule is CNCCNS(=O)(=O)Cc1cccc(C(=O)OC)c1.Cl. The maximum absolute atomic E-state index is 11.8. The van der Waals surface area contributed by atoms with E-state index in [1.165, 1.54) is 13.2 Å². The molecule has 0 aliphatic rings. The van der Waals surface area contributed by atoms with Gasteiger partial charge in [0, 0.05) is 13.1 Å². The summed E-state index contributed by atoms with van der Waals surface area (Å²) in [6.45, 7) is 0.886. The maximum atomic E-state index is 11.8. The Kier molecular flexibility index (Phi) is 8.40. The molecule has 8 heteroatoms. The molecule has 0 unspecified atom stereocenters. The average molecular weight is 323 g/mol. The van der Waals surface area contributed by atoms with E-state index in [0.717, 1.165) is 0 Å². The van der Waals surface area contributed by atoms with E-state index in [-0.39, 0.29) is 18.2 Å². The van der Waals surface area contributed by atoms with Crippen LogP contribution in [0.1, 0.15) is 15.9 Å². The van der Waals surface area contributed by atoms with E-state index >= 15 is 0 Å². The summed E-state index contributed by atoms with van der Waals surface area (Å²) in [4.78, 5) is 11.3. The lowest BCUT2D eigenvalue weighted by Gasteiger charge is -2.07. The Balaban J connectivity index is 0.00000361. The number of sulfonamides is 1. The highest BCUT2D eigenvalue weighted by Crippen LogP contribution is 2.09. The van der Waals surface area contributed by atoms with Crippen molar-refractivity contribution in [3.05, 3.63) is 35.4 Å². The number of rotatable bonds is 7. The van der Waals surface area contributed by atoms with Crippen LogP contribution in [0.15, 0.2) is 24.3 Å². The normalized spacial score (nSPS) is 10.7. The van der Waals surface area contributed by atoms with Gasteiger partial charge in [-0.15, -0.1) is 12.4 Å². The molecule has 1 aromatic rings. The van der Waals surface area contributed by atoms with Gasteiger partial charge in [-0.3, -0.25) is 0 Å². The Morgan fingerprint density at radius 2 is 2.00 bits per heavy atom. The fourth-order valence-electron chi connectivity index (χ4n) is 1.51. The highest BCUT2D eigenvalue weighted by atomic mass is 35.5. The predicted molar refractivity (Wildman–Crippen MR) is 79.6 cm³/mol. The van der Waals surface area contributed by atoms with Crippen molar-refractivity contribution < 1.29 is 17.9 Å². The maximum Gasteiger partial charge on any atom is 0.337 e. The topological polar surface area (TPSA) is 84.5 Å². The van der Waals surface area contributed by atoms with Gasteiger partial charge in [0.15, 0.2) is 0 Å². The van der Waals surface area contributed by atoms with E-state index in [9.17, 15) is 13.2 Å². The molecule has 0 bridgehead atoms. The van der Waals surface area contributed by atoms with Crippen LogP contribution in [0.4, 0.5) is 0 Å². The molecule has 0 atom stereocenters. The quantitative estimate of drug-likeness (QED) is 0.565. The first-order chi connectivity index (χ1) is 8.98. The van der Waals surface area contributed by atoms with E-state index in [4.69, 9.17) is 0 Å². The summed E-state index contributed by atoms with van der Waals surface area (Å²) in [7, 11) is -0.371. The molecule has 0 aliphatic heterocycles. The summed E-state index contributed by atoms with van der Waals surface area (Å²) in [6.07, 6.45) is 0. The number of hydrogen-bond acceptors (Lipinski definition) is 5. The average Bonchev–Trinajstić information content (AvgIpc) is 2.37. The molecule has 0 saturated carbocycles. The fourth-order valence-corrected chi connectivity index (χ4v) is 2.64. The van der Waals surface area contributed by atoms with Gasteiger partial charge in [0.2, 0.25) is 10.0 Å². The zero-order chi connectivity index (χ0) is 14.3. The molecule has 0 heterocycles. The Labute approximate surface area is 125 Å². The molecule has 2 N–H and O–H groups in total. The molecule has 20 heavy (non-hydrogen) atoms. The van der Waals surface area contributed by atoms with Crippen molar-refractivity contribution in [2.75, 3.05) is 27.2 Å². The minimum absolute atomic E-state index is 0. The third-order valence-electron chi connectivity index (χ3n) is 2.40. The second-order valence-electron chi connectivity index (χ2n) is 3.95. The lowest BCUT2D eigenvalue weighted by Crippen LogP contribution is -2.31. The summed E-state index contributed by atoms with van der Waals surface area (Å²) in [5, 5.41) is 2.85. The molecule has 0 amide bonds. The van der Waals surface area contributed by atoms with Crippen molar-refractivity contribution in [1.82, 2.24) is 10.0 Å². The van der Waals surface area contributed by atoms with Crippen molar-refractivity contribution >= 4 is 28.4 Å². The molecule has 6 nitrogen and oxygen atoms in total. The standard InChI is InChI=1S/C12H18N2O4S.ClH/c1-13-6-7-14-19(16,17)9-10-4-3-5-11(8-10)12(15)18-2;/h3-5,8,13-14H,6-7,9H2,1-2H3;1H. The fraction of sp³-hybridized carbons (Fsp3) is 0.417. The van der Waals surface area contributed by atoms with E-state index in [2.05, 4.69) is 14.8 Å². The number of likely N-dealkylation sites (N-methyl/N-ethyl adjacent to an activating group) is 1. The van der Waals surface area contributed by atoms with Crippen LogP contribution >= 0.6 is 12.4 Å². The van der Waals surface area contributed by atoms with Crippen LogP contribution in [0.3, 0.4) is 0 Å². The van der Waals surface area contributed by atoms with E-state index in [1.807, 2.05) is 0 Å². The van der Waals surface area contributed by atoms with Crippen LogP contribution in [-0.2, 0) is 20.5 Å². The number of benzene rings is 1. The van der Waals surface area contributed by atoms with Crippen molar-refractivity contribution in [2.24, 2.45) is 0 Å². The minimum Gasteiger partial charge on any atom is -0.465 e. The van der Waals surface area contributed by atoms with Gasteiger partial charge in [-0.25, -0.2) is 17.9 Å². The van der Waals surface area contributed by atoms with Crippen LogP contribution in [0.2, 0.25) is 0 Å². The monoisotopic (exact) mass is 322 g/mol. The molecule has 0 spiro atoms. The number of ether oxygens (including phenoxy) is 1. The lowest BCUT2D eigenvalue weighted by atomic mass is 10.1. The Bertz CT molecular complexity index is 534. The number of nitrogens with one attached hydrogen (secondary N) is 2. The van der Waals surface area contributed by atoms with Gasteiger partial charge in [-0.05, 0) is 24.7 Å². The first-order valence-corrected chi connectivity index (χ1v) is 7.43. The third-order valence-corrected chi connectivity index (χ3v) is 3.76. The summed E-state index contributed by atoms with van der Waals surface area (Å²) < 4.78 is 30.6. The highest BCUT2D eigenvalue weighted by Gasteiger charge is 2.12. The van der Waals surface area contributed by atoms with Gasteiger partial charge in [0.25, 0.3) is 0 Å². The highest BCUT2D eigenvalue weighted by molar-refractivity contribution is 7.88. The molecular formula is C12H19ClN2O4S. The zero-order valence-electron chi connectivity index (χ0n) is 11.4. The summed E-state index contributed by atoms with van der Waals surface area (Å²) >= 11 is 0. The number of esters is 1. The van der Waals surface area contributed by atoms with Crippen LogP contribution in [0.5, 0.6) is 0 Å². The molecule has 0 radical (unpaired) electrons. The number of halogens is 1. The lowest BCUT2D eigenvalue weighted by molar-refractivity contribution is 0.0600. The Hall–Kier alpha value is -1.15. The van der Waals surface area contributed by atoms with Crippen LogP contribution in [0.25, 0.3) is 0 Å². The smallest absolute Gasteiger partial charge is 0.337 e. The number of carbonyl (C=O) groups excluding carboxylic acids is 1. The van der Waals surface area contributed by atoms with Crippen LogP contribution < -0.4 is 10.0 Å². The first kappa shape index (κ1) is 18.9. The van der Waals surface area contributed by atoms with Crippen molar-refractivity contribution in [2.45, 2.75) is 5.75 Å². The van der Waals surface area contributed by atoms with Crippen LogP contribution in [-0.4, -0.2) is 41.6 Å². The number of carbonyl (C=O) groups is 1. The molecule has 114 valence electrons. The largest absolute Gasteiger partial charge is 0.465 e. The number of methoxy groups -OCH3 is 1. The molecule has 0 saturated heterocycles. The van der Waals surface area contributed by atoms with E-state index in [1.54, 1.807) is 25.2 Å². The Morgan fingerprint density at radius 3 is 2.60 bits per heavy atom. The zero-order valence-corrected chi connectivity index (χ0v) is 13.0. The van der Waals surface area contributed by atoms with Gasteiger partial charge in [-0.2, -0.15) is 0 Å². The van der Waals surface area contributed by atoms with Gasteiger partial charge in [-0.1, -0.05) is 12.1 Å². The molecule has 0 aromatic heterocycles. The molecule has 1 aromatic carbocycles. The van der Waals surface area contributed by atoms with Crippen molar-refractivity contribution in [3.8, 4) is 0 Å². The predicted octanol–water partition coefficient (Wildman–Crippen LogP) is 0.534. The van der Waals surface area contributed by atoms with Crippen LogP contribution in [0, 0.1) is 0 Å².